The Bertz CT molecular complexity index is 1280. The first-order chi connectivity index (χ1) is 15.1. The molecule has 0 aliphatic rings. The normalized spacial score (nSPS) is 11.0. The van der Waals surface area contributed by atoms with Crippen LogP contribution in [0.4, 0.5) is 0 Å². The maximum atomic E-state index is 13.6. The van der Waals surface area contributed by atoms with Crippen molar-refractivity contribution in [2.45, 2.75) is 25.8 Å². The van der Waals surface area contributed by atoms with Gasteiger partial charge in [0.15, 0.2) is 0 Å². The second kappa shape index (κ2) is 9.14. The number of carboxylic acid groups (broad SMARTS) is 1. The number of aromatic nitrogens is 2. The molecule has 4 rings (SSSR count). The number of benzene rings is 2. The molecular formula is C24H22N2O4S. The molecule has 0 aliphatic carbocycles. The van der Waals surface area contributed by atoms with Crippen LogP contribution in [0.1, 0.15) is 24.2 Å². The van der Waals surface area contributed by atoms with Crippen molar-refractivity contribution >= 4 is 27.5 Å². The van der Waals surface area contributed by atoms with E-state index >= 15 is 0 Å². The smallest absolute Gasteiger partial charge is 0.303 e. The van der Waals surface area contributed by atoms with Crippen LogP contribution in [0.5, 0.6) is 5.75 Å². The fourth-order valence-electron chi connectivity index (χ4n) is 3.60. The Balaban J connectivity index is 1.83. The number of nitrogens with zero attached hydrogens (tertiary/aromatic N) is 2. The average Bonchev–Trinajstić information content (AvgIpc) is 3.20. The molecule has 2 aromatic carbocycles. The Morgan fingerprint density at radius 1 is 1.16 bits per heavy atom. The molecule has 158 valence electrons. The summed E-state index contributed by atoms with van der Waals surface area (Å²) >= 11 is 1.44. The summed E-state index contributed by atoms with van der Waals surface area (Å²) in [5.41, 5.74) is 2.61. The fourth-order valence-corrected chi connectivity index (χ4v) is 4.56. The quantitative estimate of drug-likeness (QED) is 0.439. The van der Waals surface area contributed by atoms with Crippen molar-refractivity contribution < 1.29 is 14.6 Å². The molecule has 0 unspecified atom stereocenters. The molecule has 1 N–H and O–H groups in total. The number of aliphatic carboxylic acids is 1. The zero-order valence-electron chi connectivity index (χ0n) is 17.1. The highest BCUT2D eigenvalue weighted by molar-refractivity contribution is 7.17. The van der Waals surface area contributed by atoms with E-state index in [1.807, 2.05) is 60.0 Å². The van der Waals surface area contributed by atoms with Crippen LogP contribution in [0.25, 0.3) is 21.3 Å². The van der Waals surface area contributed by atoms with Gasteiger partial charge in [0.2, 0.25) is 0 Å². The number of ether oxygens (including phenoxy) is 1. The summed E-state index contributed by atoms with van der Waals surface area (Å²) in [5.74, 6) is 0.486. The molecule has 0 aliphatic heterocycles. The number of hydrogen-bond donors (Lipinski definition) is 1. The summed E-state index contributed by atoms with van der Waals surface area (Å²) in [7, 11) is 1.61. The van der Waals surface area contributed by atoms with Crippen LogP contribution in [0.2, 0.25) is 0 Å². The van der Waals surface area contributed by atoms with Crippen LogP contribution in [-0.4, -0.2) is 27.7 Å². The van der Waals surface area contributed by atoms with Crippen LogP contribution >= 0.6 is 11.3 Å². The van der Waals surface area contributed by atoms with Crippen molar-refractivity contribution in [3.63, 3.8) is 0 Å². The Hall–Kier alpha value is -3.45. The minimum absolute atomic E-state index is 0.00162. The van der Waals surface area contributed by atoms with Crippen LogP contribution in [-0.2, 0) is 17.8 Å². The summed E-state index contributed by atoms with van der Waals surface area (Å²) < 4.78 is 6.96. The lowest BCUT2D eigenvalue weighted by atomic mass is 10.1. The molecule has 0 spiro atoms. The molecule has 31 heavy (non-hydrogen) atoms. The Morgan fingerprint density at radius 2 is 1.97 bits per heavy atom. The second-order valence-electron chi connectivity index (χ2n) is 7.21. The number of fused-ring (bicyclic) bond motifs is 1. The highest BCUT2D eigenvalue weighted by atomic mass is 32.1. The number of carboxylic acids is 1. The third kappa shape index (κ3) is 4.51. The summed E-state index contributed by atoms with van der Waals surface area (Å²) in [5, 5.41) is 11.5. The molecule has 2 heterocycles. The first kappa shape index (κ1) is 20.8. The van der Waals surface area contributed by atoms with E-state index in [-0.39, 0.29) is 12.0 Å². The lowest BCUT2D eigenvalue weighted by Gasteiger charge is -2.13. The predicted octanol–water partition coefficient (Wildman–Crippen LogP) is 4.59. The molecular weight excluding hydrogens is 412 g/mol. The number of rotatable bonds is 8. The predicted molar refractivity (Wildman–Crippen MR) is 122 cm³/mol. The average molecular weight is 435 g/mol. The van der Waals surface area contributed by atoms with Gasteiger partial charge >= 0.3 is 5.97 Å². The van der Waals surface area contributed by atoms with Gasteiger partial charge in [-0.2, -0.15) is 0 Å². The summed E-state index contributed by atoms with van der Waals surface area (Å²) in [6.45, 7) is 0.309. The molecule has 0 saturated heterocycles. The van der Waals surface area contributed by atoms with Gasteiger partial charge in [-0.15, -0.1) is 11.3 Å². The van der Waals surface area contributed by atoms with Gasteiger partial charge in [-0.3, -0.25) is 14.2 Å². The summed E-state index contributed by atoms with van der Waals surface area (Å²) in [4.78, 5) is 30.1. The van der Waals surface area contributed by atoms with Crippen LogP contribution in [0, 0.1) is 0 Å². The van der Waals surface area contributed by atoms with Gasteiger partial charge in [0.1, 0.15) is 16.4 Å². The van der Waals surface area contributed by atoms with Crippen molar-refractivity contribution in [3.8, 4) is 16.9 Å². The van der Waals surface area contributed by atoms with Crippen molar-refractivity contribution in [2.75, 3.05) is 7.11 Å². The molecule has 2 aromatic heterocycles. The SMILES string of the molecule is COc1cccc(-c2csc3nc(Cc4ccccc4)n(CCCC(=O)O)c(=O)c23)c1. The van der Waals surface area contributed by atoms with E-state index in [4.69, 9.17) is 14.8 Å². The van der Waals surface area contributed by atoms with E-state index in [1.54, 1.807) is 11.7 Å². The molecule has 0 fully saturated rings. The van der Waals surface area contributed by atoms with Gasteiger partial charge in [0.05, 0.1) is 12.5 Å². The number of thiophene rings is 1. The topological polar surface area (TPSA) is 81.4 Å². The maximum Gasteiger partial charge on any atom is 0.303 e. The monoisotopic (exact) mass is 434 g/mol. The molecule has 0 saturated carbocycles. The molecule has 0 radical (unpaired) electrons. The maximum absolute atomic E-state index is 13.6. The molecule has 0 amide bonds. The lowest BCUT2D eigenvalue weighted by molar-refractivity contribution is -0.137. The van der Waals surface area contributed by atoms with Crippen LogP contribution in [0.3, 0.4) is 0 Å². The van der Waals surface area contributed by atoms with Crippen LogP contribution in [0.15, 0.2) is 64.8 Å². The standard InChI is InChI=1S/C24H22N2O4S/c1-30-18-10-5-9-17(14-18)19-15-31-23-22(19)24(29)26(12-6-11-21(27)28)20(25-23)13-16-7-3-2-4-8-16/h2-5,7-10,14-15H,6,11-13H2,1H3,(H,27,28). The molecule has 0 atom stereocenters. The number of methoxy groups -OCH3 is 1. The van der Waals surface area contributed by atoms with Gasteiger partial charge in [-0.25, -0.2) is 4.98 Å². The first-order valence-corrected chi connectivity index (χ1v) is 10.9. The van der Waals surface area contributed by atoms with Gasteiger partial charge in [0, 0.05) is 30.3 Å². The molecule has 0 bridgehead atoms. The number of carbonyl (C=O) groups is 1. The molecule has 4 aromatic rings. The Labute approximate surface area is 183 Å². The highest BCUT2D eigenvalue weighted by Gasteiger charge is 2.18. The fraction of sp³-hybridized carbons (Fsp3) is 0.208. The Kier molecular flexibility index (Phi) is 6.13. The first-order valence-electron chi connectivity index (χ1n) is 9.98. The van der Waals surface area contributed by atoms with Gasteiger partial charge in [-0.1, -0.05) is 42.5 Å². The van der Waals surface area contributed by atoms with E-state index in [2.05, 4.69) is 0 Å². The van der Waals surface area contributed by atoms with E-state index in [9.17, 15) is 9.59 Å². The second-order valence-corrected chi connectivity index (χ2v) is 8.06. The zero-order valence-corrected chi connectivity index (χ0v) is 17.9. The zero-order chi connectivity index (χ0) is 21.8. The van der Waals surface area contributed by atoms with Gasteiger partial charge in [-0.05, 0) is 29.7 Å². The van der Waals surface area contributed by atoms with E-state index < -0.39 is 5.97 Å². The lowest BCUT2D eigenvalue weighted by Crippen LogP contribution is -2.26. The number of hydrogen-bond acceptors (Lipinski definition) is 5. The summed E-state index contributed by atoms with van der Waals surface area (Å²) in [6.07, 6.45) is 0.871. The van der Waals surface area contributed by atoms with Crippen molar-refractivity contribution in [2.24, 2.45) is 0 Å². The van der Waals surface area contributed by atoms with E-state index in [0.717, 1.165) is 16.7 Å². The van der Waals surface area contributed by atoms with Crippen molar-refractivity contribution in [1.82, 2.24) is 9.55 Å². The Morgan fingerprint density at radius 3 is 2.71 bits per heavy atom. The van der Waals surface area contributed by atoms with E-state index in [0.29, 0.717) is 41.2 Å². The highest BCUT2D eigenvalue weighted by Crippen LogP contribution is 2.33. The largest absolute Gasteiger partial charge is 0.497 e. The third-order valence-electron chi connectivity index (χ3n) is 5.13. The third-order valence-corrected chi connectivity index (χ3v) is 6.00. The van der Waals surface area contributed by atoms with E-state index in [1.165, 1.54) is 11.3 Å². The van der Waals surface area contributed by atoms with Gasteiger partial charge in [0.25, 0.3) is 5.56 Å². The molecule has 6 nitrogen and oxygen atoms in total. The molecule has 7 heteroatoms. The van der Waals surface area contributed by atoms with Crippen molar-refractivity contribution in [1.29, 1.82) is 0 Å². The van der Waals surface area contributed by atoms with Crippen LogP contribution < -0.4 is 10.3 Å². The minimum atomic E-state index is -0.876. The summed E-state index contributed by atoms with van der Waals surface area (Å²) in [6, 6.07) is 17.4. The van der Waals surface area contributed by atoms with Crippen molar-refractivity contribution in [3.05, 3.63) is 81.7 Å². The van der Waals surface area contributed by atoms with Gasteiger partial charge < -0.3 is 9.84 Å². The minimum Gasteiger partial charge on any atom is -0.497 e.